The van der Waals surface area contributed by atoms with Crippen molar-refractivity contribution in [3.05, 3.63) is 83.2 Å². The molecule has 0 spiro atoms. The predicted octanol–water partition coefficient (Wildman–Crippen LogP) is 7.56. The smallest absolute Gasteiger partial charge is 0.306 e. The minimum atomic E-state index is -0.742. The summed E-state index contributed by atoms with van der Waals surface area (Å²) < 4.78 is 26.3. The van der Waals surface area contributed by atoms with Gasteiger partial charge in [-0.3, -0.25) is 4.79 Å². The van der Waals surface area contributed by atoms with Crippen LogP contribution in [0.3, 0.4) is 0 Å². The molecule has 3 aromatic rings. The van der Waals surface area contributed by atoms with Gasteiger partial charge >= 0.3 is 5.97 Å². The average Bonchev–Trinajstić information content (AvgIpc) is 3.08. The van der Waals surface area contributed by atoms with Crippen molar-refractivity contribution in [2.24, 2.45) is 11.8 Å². The summed E-state index contributed by atoms with van der Waals surface area (Å²) in [7, 11) is 1.57. The van der Waals surface area contributed by atoms with Gasteiger partial charge in [-0.2, -0.15) is 0 Å². The molecule has 0 aromatic heterocycles. The molecule has 2 unspecified atom stereocenters. The number of carbonyl (C=O) groups is 1. The molecule has 1 aliphatic heterocycles. The number of carboxylic acids is 1. The van der Waals surface area contributed by atoms with Gasteiger partial charge in [0.25, 0.3) is 0 Å². The fourth-order valence-electron chi connectivity index (χ4n) is 5.67. The summed E-state index contributed by atoms with van der Waals surface area (Å²) in [6, 6.07) is 19.0. The molecule has 0 bridgehead atoms. The molecule has 188 valence electrons. The van der Waals surface area contributed by atoms with E-state index in [0.717, 1.165) is 54.5 Å². The van der Waals surface area contributed by atoms with Gasteiger partial charge in [0.15, 0.2) is 0 Å². The highest BCUT2D eigenvalue weighted by molar-refractivity contribution is 5.71. The van der Waals surface area contributed by atoms with Crippen LogP contribution in [-0.4, -0.2) is 18.2 Å². The number of rotatable bonds is 7. The molecular weight excluding hydrogens is 455 g/mol. The van der Waals surface area contributed by atoms with Crippen molar-refractivity contribution < 1.29 is 23.8 Å². The van der Waals surface area contributed by atoms with Gasteiger partial charge in [-0.1, -0.05) is 49.7 Å². The van der Waals surface area contributed by atoms with Crippen LogP contribution >= 0.6 is 0 Å². The maximum absolute atomic E-state index is 14.4. The zero-order chi connectivity index (χ0) is 25.2. The van der Waals surface area contributed by atoms with E-state index in [1.54, 1.807) is 19.2 Å². The van der Waals surface area contributed by atoms with Crippen LogP contribution in [0.15, 0.2) is 60.7 Å². The van der Waals surface area contributed by atoms with Gasteiger partial charge < -0.3 is 14.6 Å². The fraction of sp³-hybridized carbons (Fsp3) is 0.387. The summed E-state index contributed by atoms with van der Waals surface area (Å²) in [6.45, 7) is 1.83. The number of halogens is 1. The number of ether oxygens (including phenoxy) is 2. The van der Waals surface area contributed by atoms with Crippen LogP contribution in [-0.2, 0) is 11.2 Å². The standard InChI is InChI=1S/C31H33FO4/c1-19(31(33)34)30(23-6-3-7-23)24-14-13-21-5-4-8-28(36-29(21)17-24)22-11-9-20(10-12-22)26-18-25(35-2)15-16-27(26)32/h9-19,23,28,30H,3-8H2,1-2H3,(H,33,34)/t19-,28?,30?/m0/s1. The highest BCUT2D eigenvalue weighted by Crippen LogP contribution is 2.45. The van der Waals surface area contributed by atoms with E-state index in [0.29, 0.717) is 17.2 Å². The summed E-state index contributed by atoms with van der Waals surface area (Å²) in [4.78, 5) is 11.9. The average molecular weight is 489 g/mol. The topological polar surface area (TPSA) is 55.8 Å². The van der Waals surface area contributed by atoms with Crippen molar-refractivity contribution in [1.29, 1.82) is 0 Å². The summed E-state index contributed by atoms with van der Waals surface area (Å²) in [5.41, 5.74) is 4.59. The number of fused-ring (bicyclic) bond motifs is 1. The van der Waals surface area contributed by atoms with Crippen LogP contribution in [0.2, 0.25) is 0 Å². The van der Waals surface area contributed by atoms with Crippen molar-refractivity contribution in [3.63, 3.8) is 0 Å². The maximum Gasteiger partial charge on any atom is 0.306 e. The highest BCUT2D eigenvalue weighted by Gasteiger charge is 2.36. The number of benzene rings is 3. The highest BCUT2D eigenvalue weighted by atomic mass is 19.1. The molecule has 36 heavy (non-hydrogen) atoms. The Balaban J connectivity index is 1.40. The summed E-state index contributed by atoms with van der Waals surface area (Å²) in [6.07, 6.45) is 6.06. The Labute approximate surface area is 212 Å². The molecule has 3 atom stereocenters. The largest absolute Gasteiger partial charge is 0.497 e. The number of hydrogen-bond donors (Lipinski definition) is 1. The Bertz CT molecular complexity index is 1230. The molecule has 0 radical (unpaired) electrons. The molecular formula is C31H33FO4. The van der Waals surface area contributed by atoms with Crippen LogP contribution in [0.5, 0.6) is 11.5 Å². The molecule has 1 N–H and O–H groups in total. The van der Waals surface area contributed by atoms with Crippen LogP contribution < -0.4 is 9.47 Å². The van der Waals surface area contributed by atoms with Gasteiger partial charge in [-0.15, -0.1) is 0 Å². The van der Waals surface area contributed by atoms with Gasteiger partial charge in [0.2, 0.25) is 0 Å². The first-order valence-corrected chi connectivity index (χ1v) is 12.9. The molecule has 1 heterocycles. The third kappa shape index (κ3) is 4.84. The molecule has 0 amide bonds. The Morgan fingerprint density at radius 2 is 1.81 bits per heavy atom. The van der Waals surface area contributed by atoms with Crippen molar-refractivity contribution in [3.8, 4) is 22.6 Å². The van der Waals surface area contributed by atoms with Gasteiger partial charge in [0.05, 0.1) is 13.0 Å². The molecule has 4 nitrogen and oxygen atoms in total. The van der Waals surface area contributed by atoms with Crippen LogP contribution in [0.4, 0.5) is 4.39 Å². The third-order valence-corrected chi connectivity index (χ3v) is 8.01. The first-order chi connectivity index (χ1) is 17.4. The van der Waals surface area contributed by atoms with Crippen LogP contribution in [0.1, 0.15) is 67.7 Å². The summed E-state index contributed by atoms with van der Waals surface area (Å²) in [5.74, 6) is 0.441. The number of aryl methyl sites for hydroxylation is 1. The lowest BCUT2D eigenvalue weighted by molar-refractivity contribution is -0.142. The number of aliphatic carboxylic acids is 1. The first kappa shape index (κ1) is 24.4. The van der Waals surface area contributed by atoms with Gasteiger partial charge in [0.1, 0.15) is 23.4 Å². The normalized spacial score (nSPS) is 19.2. The minimum Gasteiger partial charge on any atom is -0.497 e. The van der Waals surface area contributed by atoms with Crippen molar-refractivity contribution in [2.45, 2.75) is 57.5 Å². The molecule has 3 aromatic carbocycles. The SMILES string of the molecule is COc1ccc(F)c(-c2ccc(C3CCCc4ccc(C(C5CCC5)[C@H](C)C(=O)O)cc4O3)cc2)c1. The Hall–Kier alpha value is -3.34. The summed E-state index contributed by atoms with van der Waals surface area (Å²) >= 11 is 0. The van der Waals surface area contributed by atoms with Crippen molar-refractivity contribution in [2.75, 3.05) is 7.11 Å². The quantitative estimate of drug-likeness (QED) is 0.373. The summed E-state index contributed by atoms with van der Waals surface area (Å²) in [5, 5.41) is 9.75. The predicted molar refractivity (Wildman–Crippen MR) is 138 cm³/mol. The Kier molecular flexibility index (Phi) is 6.99. The number of carboxylic acid groups (broad SMARTS) is 1. The minimum absolute atomic E-state index is 0.00361. The maximum atomic E-state index is 14.4. The Morgan fingerprint density at radius 1 is 1.03 bits per heavy atom. The van der Waals surface area contributed by atoms with E-state index in [4.69, 9.17) is 9.47 Å². The zero-order valence-electron chi connectivity index (χ0n) is 20.9. The molecule has 0 saturated heterocycles. The molecule has 2 aliphatic rings. The van der Waals surface area contributed by atoms with E-state index in [1.165, 1.54) is 18.1 Å². The van der Waals surface area contributed by atoms with Crippen molar-refractivity contribution >= 4 is 5.97 Å². The van der Waals surface area contributed by atoms with Crippen LogP contribution in [0.25, 0.3) is 11.1 Å². The number of methoxy groups -OCH3 is 1. The van der Waals surface area contributed by atoms with E-state index in [-0.39, 0.29) is 17.8 Å². The van der Waals surface area contributed by atoms with E-state index in [9.17, 15) is 14.3 Å². The van der Waals surface area contributed by atoms with E-state index >= 15 is 0 Å². The van der Waals surface area contributed by atoms with Crippen LogP contribution in [0, 0.1) is 17.7 Å². The second kappa shape index (κ2) is 10.3. The molecule has 1 fully saturated rings. The van der Waals surface area contributed by atoms with E-state index < -0.39 is 11.9 Å². The molecule has 5 rings (SSSR count). The second-order valence-corrected chi connectivity index (χ2v) is 10.2. The fourth-order valence-corrected chi connectivity index (χ4v) is 5.67. The number of hydrogen-bond acceptors (Lipinski definition) is 3. The lowest BCUT2D eigenvalue weighted by Crippen LogP contribution is -2.29. The monoisotopic (exact) mass is 488 g/mol. The third-order valence-electron chi connectivity index (χ3n) is 8.01. The zero-order valence-corrected chi connectivity index (χ0v) is 20.9. The first-order valence-electron chi connectivity index (χ1n) is 12.9. The lowest BCUT2D eigenvalue weighted by Gasteiger charge is -2.36. The van der Waals surface area contributed by atoms with E-state index in [2.05, 4.69) is 18.2 Å². The van der Waals surface area contributed by atoms with Gasteiger partial charge in [-0.25, -0.2) is 4.39 Å². The van der Waals surface area contributed by atoms with Crippen molar-refractivity contribution in [1.82, 2.24) is 0 Å². The molecule has 5 heteroatoms. The van der Waals surface area contributed by atoms with Gasteiger partial charge in [-0.05, 0) is 90.5 Å². The second-order valence-electron chi connectivity index (χ2n) is 10.2. The lowest BCUT2D eigenvalue weighted by atomic mass is 9.68. The van der Waals surface area contributed by atoms with Gasteiger partial charge in [0, 0.05) is 5.56 Å². The molecule has 1 aliphatic carbocycles. The van der Waals surface area contributed by atoms with E-state index in [1.807, 2.05) is 31.2 Å². The molecule has 1 saturated carbocycles. The Morgan fingerprint density at radius 3 is 2.47 bits per heavy atom.